The number of hydrogen-bond donors (Lipinski definition) is 2. The molecule has 0 bridgehead atoms. The second-order valence-corrected chi connectivity index (χ2v) is 10.9. The highest BCUT2D eigenvalue weighted by Crippen LogP contribution is 2.28. The lowest BCUT2D eigenvalue weighted by atomic mass is 9.97. The van der Waals surface area contributed by atoms with E-state index in [0.29, 0.717) is 36.1 Å². The van der Waals surface area contributed by atoms with Crippen molar-refractivity contribution in [1.29, 1.82) is 0 Å². The number of nitrogens with one attached hydrogen (secondary N) is 2. The van der Waals surface area contributed by atoms with Gasteiger partial charge < -0.3 is 10.6 Å². The van der Waals surface area contributed by atoms with Crippen molar-refractivity contribution in [2.24, 2.45) is 5.92 Å². The fourth-order valence-corrected chi connectivity index (χ4v) is 6.38. The Balaban J connectivity index is 1.45. The third kappa shape index (κ3) is 6.11. The van der Waals surface area contributed by atoms with Gasteiger partial charge in [-0.15, -0.1) is 0 Å². The van der Waals surface area contributed by atoms with Gasteiger partial charge in [0.25, 0.3) is 0 Å². The maximum Gasteiger partial charge on any atom is 0.315 e. The highest BCUT2D eigenvalue weighted by molar-refractivity contribution is 7.89. The Hall–Kier alpha value is -1.31. The van der Waals surface area contributed by atoms with Crippen molar-refractivity contribution < 1.29 is 13.2 Å². The summed E-state index contributed by atoms with van der Waals surface area (Å²) in [6, 6.07) is 5.18. The van der Waals surface area contributed by atoms with Crippen molar-refractivity contribution in [1.82, 2.24) is 14.9 Å². The standard InChI is InChI=1S/C22H34ClN3O3S/c1-17-20(23)10-7-11-21(17)30(28,29)26-14-12-18(13-15-26)16-24-22(27)25-19-8-5-3-2-4-6-9-19/h7,10-11,18-19H,2-6,8-9,12-16H2,1H3,(H2,24,25,27). The number of carbonyl (C=O) groups excluding carboxylic acids is 1. The maximum atomic E-state index is 13.0. The van der Waals surface area contributed by atoms with E-state index in [9.17, 15) is 13.2 Å². The number of carbonyl (C=O) groups is 1. The van der Waals surface area contributed by atoms with Gasteiger partial charge in [0.05, 0.1) is 4.90 Å². The largest absolute Gasteiger partial charge is 0.338 e. The smallest absolute Gasteiger partial charge is 0.315 e. The quantitative estimate of drug-likeness (QED) is 0.687. The molecule has 2 N–H and O–H groups in total. The molecule has 2 fully saturated rings. The van der Waals surface area contributed by atoms with Crippen LogP contribution in [0.5, 0.6) is 0 Å². The van der Waals surface area contributed by atoms with E-state index in [4.69, 9.17) is 11.6 Å². The predicted molar refractivity (Wildman–Crippen MR) is 120 cm³/mol. The van der Waals surface area contributed by atoms with Crippen molar-refractivity contribution in [2.75, 3.05) is 19.6 Å². The molecule has 0 radical (unpaired) electrons. The molecule has 8 heteroatoms. The summed E-state index contributed by atoms with van der Waals surface area (Å²) in [5.41, 5.74) is 0.592. The van der Waals surface area contributed by atoms with Crippen LogP contribution in [0.1, 0.15) is 63.4 Å². The summed E-state index contributed by atoms with van der Waals surface area (Å²) in [6.45, 7) is 3.25. The minimum absolute atomic E-state index is 0.0924. The van der Waals surface area contributed by atoms with E-state index in [0.717, 1.165) is 25.7 Å². The number of nitrogens with zero attached hydrogens (tertiary/aromatic N) is 1. The molecule has 1 heterocycles. The van der Waals surface area contributed by atoms with Crippen molar-refractivity contribution >= 4 is 27.7 Å². The van der Waals surface area contributed by atoms with Crippen LogP contribution in [-0.2, 0) is 10.0 Å². The Bertz CT molecular complexity index is 815. The number of urea groups is 1. The molecule has 0 spiro atoms. The average molecular weight is 456 g/mol. The predicted octanol–water partition coefficient (Wildman–Crippen LogP) is 4.46. The molecular weight excluding hydrogens is 422 g/mol. The van der Waals surface area contributed by atoms with Gasteiger partial charge in [-0.05, 0) is 56.2 Å². The third-order valence-corrected chi connectivity index (χ3v) is 8.85. The van der Waals surface area contributed by atoms with Crippen LogP contribution in [0.2, 0.25) is 5.02 Å². The van der Waals surface area contributed by atoms with Gasteiger partial charge in [0.2, 0.25) is 10.0 Å². The zero-order valence-corrected chi connectivity index (χ0v) is 19.4. The van der Waals surface area contributed by atoms with Crippen LogP contribution in [-0.4, -0.2) is 44.4 Å². The summed E-state index contributed by atoms with van der Waals surface area (Å²) in [7, 11) is -3.55. The Morgan fingerprint density at radius 3 is 2.37 bits per heavy atom. The van der Waals surface area contributed by atoms with Gasteiger partial charge >= 0.3 is 6.03 Å². The Morgan fingerprint density at radius 2 is 1.70 bits per heavy atom. The van der Waals surface area contributed by atoms with Gasteiger partial charge in [-0.3, -0.25) is 0 Å². The van der Waals surface area contributed by atoms with Crippen LogP contribution in [0.3, 0.4) is 0 Å². The molecule has 1 aromatic rings. The first-order valence-corrected chi connectivity index (χ1v) is 13.0. The lowest BCUT2D eigenvalue weighted by Crippen LogP contribution is -2.46. The van der Waals surface area contributed by atoms with Crippen LogP contribution in [0.4, 0.5) is 4.79 Å². The summed E-state index contributed by atoms with van der Waals surface area (Å²) in [6.07, 6.45) is 9.80. The number of rotatable bonds is 5. The fourth-order valence-electron chi connectivity index (χ4n) is 4.43. The molecule has 1 aliphatic heterocycles. The number of hydrogen-bond acceptors (Lipinski definition) is 3. The summed E-state index contributed by atoms with van der Waals surface area (Å²) in [5.74, 6) is 0.292. The van der Waals surface area contributed by atoms with Crippen LogP contribution in [0, 0.1) is 12.8 Å². The van der Waals surface area contributed by atoms with Crippen LogP contribution >= 0.6 is 11.6 Å². The molecular formula is C22H34ClN3O3S. The summed E-state index contributed by atoms with van der Waals surface area (Å²) in [5, 5.41) is 6.59. The summed E-state index contributed by atoms with van der Waals surface area (Å²) in [4.78, 5) is 12.6. The van der Waals surface area contributed by atoms with Gasteiger partial charge in [0, 0.05) is 30.7 Å². The van der Waals surface area contributed by atoms with E-state index in [1.54, 1.807) is 25.1 Å². The molecule has 3 rings (SSSR count). The van der Waals surface area contributed by atoms with E-state index < -0.39 is 10.0 Å². The minimum Gasteiger partial charge on any atom is -0.338 e. The summed E-state index contributed by atoms with van der Waals surface area (Å²) < 4.78 is 27.5. The number of amides is 2. The molecule has 1 saturated heterocycles. The lowest BCUT2D eigenvalue weighted by Gasteiger charge is -2.32. The molecule has 0 aromatic heterocycles. The van der Waals surface area contributed by atoms with Crippen LogP contribution in [0.15, 0.2) is 23.1 Å². The fraction of sp³-hybridized carbons (Fsp3) is 0.682. The molecule has 1 saturated carbocycles. The Morgan fingerprint density at radius 1 is 1.07 bits per heavy atom. The minimum atomic E-state index is -3.55. The first kappa shape index (κ1) is 23.4. The molecule has 1 aromatic carbocycles. The van der Waals surface area contributed by atoms with Gasteiger partial charge in [-0.1, -0.05) is 49.8 Å². The van der Waals surface area contributed by atoms with E-state index in [1.165, 1.54) is 36.4 Å². The normalized spacial score (nSPS) is 20.3. The van der Waals surface area contributed by atoms with E-state index in [-0.39, 0.29) is 17.0 Å². The molecule has 0 unspecified atom stereocenters. The van der Waals surface area contributed by atoms with Crippen molar-refractivity contribution in [3.63, 3.8) is 0 Å². The topological polar surface area (TPSA) is 78.5 Å². The lowest BCUT2D eigenvalue weighted by molar-refractivity contribution is 0.225. The molecule has 0 atom stereocenters. The second kappa shape index (κ2) is 10.8. The number of benzene rings is 1. The van der Waals surface area contributed by atoms with Crippen LogP contribution in [0.25, 0.3) is 0 Å². The van der Waals surface area contributed by atoms with Gasteiger partial charge in [-0.2, -0.15) is 4.31 Å². The first-order valence-electron chi connectivity index (χ1n) is 11.2. The van der Waals surface area contributed by atoms with Crippen molar-refractivity contribution in [3.05, 3.63) is 28.8 Å². The van der Waals surface area contributed by atoms with E-state index in [2.05, 4.69) is 10.6 Å². The number of sulfonamides is 1. The third-order valence-electron chi connectivity index (χ3n) is 6.40. The van der Waals surface area contributed by atoms with E-state index >= 15 is 0 Å². The van der Waals surface area contributed by atoms with Gasteiger partial charge in [0.1, 0.15) is 0 Å². The first-order chi connectivity index (χ1) is 14.4. The van der Waals surface area contributed by atoms with Gasteiger partial charge in [0.15, 0.2) is 0 Å². The zero-order valence-electron chi connectivity index (χ0n) is 17.8. The monoisotopic (exact) mass is 455 g/mol. The molecule has 168 valence electrons. The average Bonchev–Trinajstić information content (AvgIpc) is 2.70. The Labute approximate surface area is 185 Å². The second-order valence-electron chi connectivity index (χ2n) is 8.61. The van der Waals surface area contributed by atoms with Gasteiger partial charge in [-0.25, -0.2) is 13.2 Å². The molecule has 2 amide bonds. The Kier molecular flexibility index (Phi) is 8.43. The van der Waals surface area contributed by atoms with Crippen molar-refractivity contribution in [2.45, 2.75) is 75.6 Å². The highest BCUT2D eigenvalue weighted by atomic mass is 35.5. The van der Waals surface area contributed by atoms with E-state index in [1.807, 2.05) is 0 Å². The van der Waals surface area contributed by atoms with Crippen molar-refractivity contribution in [3.8, 4) is 0 Å². The maximum absolute atomic E-state index is 13.0. The van der Waals surface area contributed by atoms with Crippen LogP contribution < -0.4 is 10.6 Å². The summed E-state index contributed by atoms with van der Waals surface area (Å²) >= 11 is 6.11. The highest BCUT2D eigenvalue weighted by Gasteiger charge is 2.31. The number of piperidine rings is 1. The SMILES string of the molecule is Cc1c(Cl)cccc1S(=O)(=O)N1CCC(CNC(=O)NC2CCCCCCC2)CC1. The molecule has 1 aliphatic carbocycles. The molecule has 6 nitrogen and oxygen atoms in total. The molecule has 30 heavy (non-hydrogen) atoms. The zero-order chi connectivity index (χ0) is 21.6. The number of halogens is 1. The molecule has 2 aliphatic rings.